The summed E-state index contributed by atoms with van der Waals surface area (Å²) >= 11 is 15.8. The van der Waals surface area contributed by atoms with Crippen LogP contribution in [0.4, 0.5) is 11.4 Å². The third kappa shape index (κ3) is 6.76. The zero-order valence-electron chi connectivity index (χ0n) is 23.5. The number of benzene rings is 5. The molecule has 1 saturated heterocycles. The molecule has 0 aliphatic carbocycles. The summed E-state index contributed by atoms with van der Waals surface area (Å²) in [5.41, 5.74) is 3.26. The van der Waals surface area contributed by atoms with Crippen molar-refractivity contribution in [1.29, 1.82) is 0 Å². The lowest BCUT2D eigenvalue weighted by molar-refractivity contribution is -0.113. The number of carbonyl (C=O) groups excluding carboxylic acids is 1. The quantitative estimate of drug-likeness (QED) is 0.117. The van der Waals surface area contributed by atoms with E-state index in [0.29, 0.717) is 56.2 Å². The normalized spacial score (nSPS) is 15.0. The molecule has 1 fully saturated rings. The van der Waals surface area contributed by atoms with Gasteiger partial charge in [-0.3, -0.25) is 9.69 Å². The number of fused-ring (bicyclic) bond motifs is 1. The largest absolute Gasteiger partial charge is 0.490 e. The molecule has 1 heterocycles. The highest BCUT2D eigenvalue weighted by Gasteiger charge is 2.35. The van der Waals surface area contributed by atoms with Crippen LogP contribution in [-0.4, -0.2) is 17.7 Å². The van der Waals surface area contributed by atoms with Gasteiger partial charge in [0.1, 0.15) is 6.61 Å². The average molecular weight is 751 g/mol. The summed E-state index contributed by atoms with van der Waals surface area (Å²) in [6.45, 7) is 2.80. The number of carbonyl (C=O) groups is 1. The van der Waals surface area contributed by atoms with Crippen molar-refractivity contribution < 1.29 is 14.3 Å². The summed E-state index contributed by atoms with van der Waals surface area (Å²) < 4.78 is 13.3. The molecule has 0 N–H and O–H groups in total. The molecular weight excluding hydrogens is 726 g/mol. The molecule has 0 unspecified atom stereocenters. The van der Waals surface area contributed by atoms with Crippen molar-refractivity contribution in [3.8, 4) is 11.5 Å². The summed E-state index contributed by atoms with van der Waals surface area (Å²) in [5, 5.41) is 4.05. The molecule has 0 atom stereocenters. The maximum Gasteiger partial charge on any atom is 0.271 e. The van der Waals surface area contributed by atoms with E-state index < -0.39 is 0 Å². The molecule has 5 aromatic carbocycles. The Morgan fingerprint density at radius 2 is 1.59 bits per heavy atom. The van der Waals surface area contributed by atoms with E-state index in [-0.39, 0.29) is 5.91 Å². The minimum Gasteiger partial charge on any atom is -0.490 e. The molecule has 1 amide bonds. The lowest BCUT2D eigenvalue weighted by Gasteiger charge is -2.16. The standard InChI is InChI=1S/C35H25Cl2IN2O3S/c1-2-42-31-19-22(18-30(38)33(31)43-21-24-8-5-7-23-6-3-4-9-29(23)24)20-32-34(41)40(28-16-12-26(37)13-17-28)35(44-32)39-27-14-10-25(36)11-15-27/h3-20H,2,21H2,1H3/b32-20-,39-35?. The van der Waals surface area contributed by atoms with Crippen LogP contribution in [0.3, 0.4) is 0 Å². The maximum atomic E-state index is 13.8. The van der Waals surface area contributed by atoms with Crippen LogP contribution in [0.25, 0.3) is 16.8 Å². The summed E-state index contributed by atoms with van der Waals surface area (Å²) in [6.07, 6.45) is 1.86. The van der Waals surface area contributed by atoms with Crippen LogP contribution in [0, 0.1) is 3.57 Å². The number of amidine groups is 1. The van der Waals surface area contributed by atoms with Gasteiger partial charge in [0.25, 0.3) is 5.91 Å². The number of amides is 1. The molecule has 0 saturated carbocycles. The first-order valence-corrected chi connectivity index (χ1v) is 16.4. The van der Waals surface area contributed by atoms with E-state index in [1.54, 1.807) is 41.3 Å². The number of ether oxygens (including phenoxy) is 2. The summed E-state index contributed by atoms with van der Waals surface area (Å²) in [4.78, 5) is 20.7. The Morgan fingerprint density at radius 3 is 2.34 bits per heavy atom. The Labute approximate surface area is 283 Å². The van der Waals surface area contributed by atoms with Gasteiger partial charge in [-0.25, -0.2) is 4.99 Å². The van der Waals surface area contributed by atoms with E-state index in [1.807, 2.05) is 55.5 Å². The number of nitrogens with zero attached hydrogens (tertiary/aromatic N) is 2. The fourth-order valence-electron chi connectivity index (χ4n) is 4.79. The van der Waals surface area contributed by atoms with Crippen molar-refractivity contribution in [3.63, 3.8) is 0 Å². The van der Waals surface area contributed by atoms with Crippen LogP contribution in [0.15, 0.2) is 113 Å². The van der Waals surface area contributed by atoms with Gasteiger partial charge in [0.2, 0.25) is 0 Å². The van der Waals surface area contributed by atoms with E-state index in [0.717, 1.165) is 20.1 Å². The molecule has 1 aliphatic heterocycles. The van der Waals surface area contributed by atoms with Gasteiger partial charge in [-0.05, 0) is 130 Å². The van der Waals surface area contributed by atoms with Crippen molar-refractivity contribution in [2.24, 2.45) is 4.99 Å². The second-order valence-corrected chi connectivity index (χ2v) is 12.8. The van der Waals surface area contributed by atoms with Crippen LogP contribution >= 0.6 is 57.6 Å². The smallest absolute Gasteiger partial charge is 0.271 e. The Bertz CT molecular complexity index is 1910. The maximum absolute atomic E-state index is 13.8. The number of anilines is 1. The number of hydrogen-bond donors (Lipinski definition) is 0. The van der Waals surface area contributed by atoms with Gasteiger partial charge in [-0.1, -0.05) is 65.7 Å². The van der Waals surface area contributed by atoms with E-state index in [2.05, 4.69) is 46.9 Å². The van der Waals surface area contributed by atoms with Gasteiger partial charge < -0.3 is 9.47 Å². The predicted octanol–water partition coefficient (Wildman–Crippen LogP) is 10.5. The van der Waals surface area contributed by atoms with Crippen LogP contribution in [-0.2, 0) is 11.4 Å². The topological polar surface area (TPSA) is 51.1 Å². The highest BCUT2D eigenvalue weighted by atomic mass is 127. The zero-order valence-corrected chi connectivity index (χ0v) is 28.0. The fourth-order valence-corrected chi connectivity index (χ4v) is 6.82. The van der Waals surface area contributed by atoms with Gasteiger partial charge in [0.05, 0.1) is 26.5 Å². The molecule has 5 nitrogen and oxygen atoms in total. The SMILES string of the molecule is CCOc1cc(/C=C2\SC(=Nc3ccc(Cl)cc3)N(c3ccc(Cl)cc3)C2=O)cc(I)c1OCc1cccc2ccccc12. The molecule has 0 radical (unpaired) electrons. The van der Waals surface area contributed by atoms with Gasteiger partial charge in [-0.2, -0.15) is 0 Å². The molecule has 0 bridgehead atoms. The van der Waals surface area contributed by atoms with Crippen molar-refractivity contribution in [1.82, 2.24) is 0 Å². The second kappa shape index (κ2) is 13.6. The molecule has 5 aromatic rings. The van der Waals surface area contributed by atoms with Crippen molar-refractivity contribution >= 4 is 96.9 Å². The molecule has 9 heteroatoms. The fraction of sp³-hybridized carbons (Fsp3) is 0.0857. The average Bonchev–Trinajstić information content (AvgIpc) is 3.32. The van der Waals surface area contributed by atoms with Crippen molar-refractivity contribution in [2.75, 3.05) is 11.5 Å². The van der Waals surface area contributed by atoms with Gasteiger partial charge in [0.15, 0.2) is 16.7 Å². The molecule has 0 aromatic heterocycles. The minimum absolute atomic E-state index is 0.186. The van der Waals surface area contributed by atoms with Crippen molar-refractivity contribution in [3.05, 3.63) is 133 Å². The predicted molar refractivity (Wildman–Crippen MR) is 192 cm³/mol. The lowest BCUT2D eigenvalue weighted by Crippen LogP contribution is -2.28. The minimum atomic E-state index is -0.186. The first kappa shape index (κ1) is 30.5. The van der Waals surface area contributed by atoms with Gasteiger partial charge in [0, 0.05) is 10.0 Å². The number of halogens is 3. The molecule has 220 valence electrons. The summed E-state index contributed by atoms with van der Waals surface area (Å²) in [5.74, 6) is 1.10. The Hall–Kier alpha value is -3.50. The molecule has 1 aliphatic rings. The summed E-state index contributed by atoms with van der Waals surface area (Å²) in [6, 6.07) is 32.7. The molecular formula is C35H25Cl2IN2O3S. The number of aliphatic imine (C=N–C) groups is 1. The van der Waals surface area contributed by atoms with E-state index in [9.17, 15) is 4.79 Å². The van der Waals surface area contributed by atoms with Crippen LogP contribution in [0.2, 0.25) is 10.0 Å². The molecule has 44 heavy (non-hydrogen) atoms. The van der Waals surface area contributed by atoms with Crippen molar-refractivity contribution in [2.45, 2.75) is 13.5 Å². The van der Waals surface area contributed by atoms with E-state index >= 15 is 0 Å². The highest BCUT2D eigenvalue weighted by Crippen LogP contribution is 2.40. The highest BCUT2D eigenvalue weighted by molar-refractivity contribution is 14.1. The molecule has 0 spiro atoms. The number of thioether (sulfide) groups is 1. The second-order valence-electron chi connectivity index (χ2n) is 9.79. The third-order valence-corrected chi connectivity index (χ3v) is 9.10. The van der Waals surface area contributed by atoms with Crippen LogP contribution < -0.4 is 14.4 Å². The lowest BCUT2D eigenvalue weighted by atomic mass is 10.1. The Kier molecular flexibility index (Phi) is 9.47. The monoisotopic (exact) mass is 750 g/mol. The van der Waals surface area contributed by atoms with E-state index in [4.69, 9.17) is 37.7 Å². The Balaban J connectivity index is 1.33. The van der Waals surface area contributed by atoms with Gasteiger partial charge in [-0.15, -0.1) is 0 Å². The number of hydrogen-bond acceptors (Lipinski definition) is 5. The van der Waals surface area contributed by atoms with E-state index in [1.165, 1.54) is 17.1 Å². The zero-order chi connectivity index (χ0) is 30.6. The third-order valence-electron chi connectivity index (χ3n) is 6.82. The first-order chi connectivity index (χ1) is 21.4. The summed E-state index contributed by atoms with van der Waals surface area (Å²) in [7, 11) is 0. The van der Waals surface area contributed by atoms with Crippen LogP contribution in [0.5, 0.6) is 11.5 Å². The Morgan fingerprint density at radius 1 is 0.886 bits per heavy atom. The number of rotatable bonds is 8. The first-order valence-electron chi connectivity index (χ1n) is 13.8. The van der Waals surface area contributed by atoms with Gasteiger partial charge >= 0.3 is 0 Å². The van der Waals surface area contributed by atoms with Crippen LogP contribution in [0.1, 0.15) is 18.1 Å². The molecule has 6 rings (SSSR count).